The van der Waals surface area contributed by atoms with Crippen molar-refractivity contribution in [3.05, 3.63) is 17.7 Å². The third-order valence-electron chi connectivity index (χ3n) is 3.11. The molecular formula is C10H15N3O. The van der Waals surface area contributed by atoms with Crippen LogP contribution in [-0.2, 0) is 17.7 Å². The monoisotopic (exact) mass is 193 g/mol. The first-order valence-electron chi connectivity index (χ1n) is 5.28. The molecule has 2 aliphatic rings. The molecule has 0 radical (unpaired) electrons. The molecule has 0 spiro atoms. The fourth-order valence-electron chi connectivity index (χ4n) is 2.32. The lowest BCUT2D eigenvalue weighted by Crippen LogP contribution is -2.26. The van der Waals surface area contributed by atoms with E-state index < -0.39 is 0 Å². The van der Waals surface area contributed by atoms with Gasteiger partial charge in [-0.2, -0.15) is 0 Å². The van der Waals surface area contributed by atoms with Crippen LogP contribution >= 0.6 is 0 Å². The van der Waals surface area contributed by atoms with Gasteiger partial charge in [0, 0.05) is 31.8 Å². The van der Waals surface area contributed by atoms with Gasteiger partial charge in [-0.05, 0) is 6.42 Å². The molecule has 1 unspecified atom stereocenters. The highest BCUT2D eigenvalue weighted by Gasteiger charge is 2.23. The van der Waals surface area contributed by atoms with Crippen molar-refractivity contribution >= 4 is 0 Å². The van der Waals surface area contributed by atoms with Gasteiger partial charge < -0.3 is 14.6 Å². The molecule has 1 aromatic heterocycles. The SMILES string of the molecule is c1nc2c(n1C1CCOC1)CCNC2. The van der Waals surface area contributed by atoms with Gasteiger partial charge in [0.2, 0.25) is 0 Å². The highest BCUT2D eigenvalue weighted by molar-refractivity contribution is 5.17. The molecule has 14 heavy (non-hydrogen) atoms. The number of rotatable bonds is 1. The maximum Gasteiger partial charge on any atom is 0.0955 e. The average molecular weight is 193 g/mol. The maximum absolute atomic E-state index is 5.41. The topological polar surface area (TPSA) is 39.1 Å². The Balaban J connectivity index is 1.93. The van der Waals surface area contributed by atoms with Crippen molar-refractivity contribution in [2.45, 2.75) is 25.4 Å². The molecule has 0 saturated carbocycles. The van der Waals surface area contributed by atoms with Crippen LogP contribution in [0.1, 0.15) is 23.9 Å². The van der Waals surface area contributed by atoms with E-state index in [9.17, 15) is 0 Å². The maximum atomic E-state index is 5.41. The molecule has 1 N–H and O–H groups in total. The van der Waals surface area contributed by atoms with Gasteiger partial charge in [0.1, 0.15) is 0 Å². The molecule has 0 aromatic carbocycles. The quantitative estimate of drug-likeness (QED) is 0.705. The van der Waals surface area contributed by atoms with Crippen LogP contribution in [0.3, 0.4) is 0 Å². The molecule has 1 saturated heterocycles. The Morgan fingerprint density at radius 1 is 1.57 bits per heavy atom. The highest BCUT2D eigenvalue weighted by Crippen LogP contribution is 2.23. The van der Waals surface area contributed by atoms with Crippen molar-refractivity contribution in [1.82, 2.24) is 14.9 Å². The molecule has 3 heterocycles. The number of ether oxygens (including phenoxy) is 1. The predicted octanol–water partition coefficient (Wildman–Crippen LogP) is 0.490. The number of imidazole rings is 1. The van der Waals surface area contributed by atoms with Crippen molar-refractivity contribution in [3.63, 3.8) is 0 Å². The zero-order chi connectivity index (χ0) is 9.38. The molecule has 76 valence electrons. The summed E-state index contributed by atoms with van der Waals surface area (Å²) < 4.78 is 7.73. The van der Waals surface area contributed by atoms with E-state index in [1.807, 2.05) is 6.33 Å². The summed E-state index contributed by atoms with van der Waals surface area (Å²) >= 11 is 0. The Labute approximate surface area is 83.3 Å². The third-order valence-corrected chi connectivity index (χ3v) is 3.11. The highest BCUT2D eigenvalue weighted by atomic mass is 16.5. The van der Waals surface area contributed by atoms with Gasteiger partial charge in [-0.25, -0.2) is 4.98 Å². The van der Waals surface area contributed by atoms with E-state index in [4.69, 9.17) is 4.74 Å². The van der Waals surface area contributed by atoms with Crippen LogP contribution in [-0.4, -0.2) is 29.3 Å². The van der Waals surface area contributed by atoms with Crippen molar-refractivity contribution < 1.29 is 4.74 Å². The predicted molar refractivity (Wildman–Crippen MR) is 52.1 cm³/mol. The molecule has 1 fully saturated rings. The number of hydrogen-bond acceptors (Lipinski definition) is 3. The first-order valence-corrected chi connectivity index (χ1v) is 5.28. The van der Waals surface area contributed by atoms with E-state index in [2.05, 4.69) is 14.9 Å². The van der Waals surface area contributed by atoms with Crippen molar-refractivity contribution in [2.75, 3.05) is 19.8 Å². The summed E-state index contributed by atoms with van der Waals surface area (Å²) in [5.74, 6) is 0. The fraction of sp³-hybridized carbons (Fsp3) is 0.700. The lowest BCUT2D eigenvalue weighted by Gasteiger charge is -2.18. The van der Waals surface area contributed by atoms with Crippen LogP contribution in [0.15, 0.2) is 6.33 Å². The molecule has 4 nitrogen and oxygen atoms in total. The second-order valence-corrected chi connectivity index (χ2v) is 3.99. The average Bonchev–Trinajstić information content (AvgIpc) is 2.85. The lowest BCUT2D eigenvalue weighted by molar-refractivity contribution is 0.186. The Hall–Kier alpha value is -0.870. The zero-order valence-corrected chi connectivity index (χ0v) is 8.20. The number of nitrogens with zero attached hydrogens (tertiary/aromatic N) is 2. The number of nitrogens with one attached hydrogen (secondary N) is 1. The number of fused-ring (bicyclic) bond motifs is 1. The Kier molecular flexibility index (Phi) is 2.03. The Morgan fingerprint density at radius 3 is 3.43 bits per heavy atom. The molecule has 1 aromatic rings. The summed E-state index contributed by atoms with van der Waals surface area (Å²) in [6.07, 6.45) is 4.22. The van der Waals surface area contributed by atoms with Crippen LogP contribution in [0.25, 0.3) is 0 Å². The largest absolute Gasteiger partial charge is 0.379 e. The van der Waals surface area contributed by atoms with Gasteiger partial charge in [0.05, 0.1) is 24.7 Å². The zero-order valence-electron chi connectivity index (χ0n) is 8.20. The molecule has 2 aliphatic heterocycles. The minimum absolute atomic E-state index is 0.532. The molecule has 0 aliphatic carbocycles. The smallest absolute Gasteiger partial charge is 0.0955 e. The molecular weight excluding hydrogens is 178 g/mol. The van der Waals surface area contributed by atoms with Crippen molar-refractivity contribution in [1.29, 1.82) is 0 Å². The van der Waals surface area contributed by atoms with Gasteiger partial charge in [0.25, 0.3) is 0 Å². The van der Waals surface area contributed by atoms with Gasteiger partial charge in [-0.3, -0.25) is 0 Å². The minimum atomic E-state index is 0.532. The van der Waals surface area contributed by atoms with Crippen molar-refractivity contribution in [2.24, 2.45) is 0 Å². The van der Waals surface area contributed by atoms with Gasteiger partial charge in [0.15, 0.2) is 0 Å². The van der Waals surface area contributed by atoms with Gasteiger partial charge >= 0.3 is 0 Å². The van der Waals surface area contributed by atoms with Crippen LogP contribution in [0, 0.1) is 0 Å². The van der Waals surface area contributed by atoms with Crippen molar-refractivity contribution in [3.8, 4) is 0 Å². The summed E-state index contributed by atoms with van der Waals surface area (Å²) in [5, 5.41) is 3.34. The van der Waals surface area contributed by atoms with Crippen LogP contribution in [0.5, 0.6) is 0 Å². The van der Waals surface area contributed by atoms with E-state index >= 15 is 0 Å². The first kappa shape index (κ1) is 8.44. The number of aromatic nitrogens is 2. The summed E-state index contributed by atoms with van der Waals surface area (Å²) in [6, 6.07) is 0.532. The van der Waals surface area contributed by atoms with Crippen LogP contribution in [0.4, 0.5) is 0 Å². The summed E-state index contributed by atoms with van der Waals surface area (Å²) in [7, 11) is 0. The van der Waals surface area contributed by atoms with E-state index in [0.29, 0.717) is 6.04 Å². The third kappa shape index (κ3) is 1.26. The summed E-state index contributed by atoms with van der Waals surface area (Å²) in [5.41, 5.74) is 2.64. The second-order valence-electron chi connectivity index (χ2n) is 3.99. The summed E-state index contributed by atoms with van der Waals surface area (Å²) in [6.45, 7) is 3.76. The molecule has 0 bridgehead atoms. The van der Waals surface area contributed by atoms with E-state index in [1.165, 1.54) is 11.4 Å². The van der Waals surface area contributed by atoms with E-state index in [0.717, 1.165) is 39.1 Å². The molecule has 3 rings (SSSR count). The fourth-order valence-corrected chi connectivity index (χ4v) is 2.32. The number of hydrogen-bond donors (Lipinski definition) is 1. The molecule has 4 heteroatoms. The first-order chi connectivity index (χ1) is 6.95. The van der Waals surface area contributed by atoms with E-state index in [-0.39, 0.29) is 0 Å². The summed E-state index contributed by atoms with van der Waals surface area (Å²) in [4.78, 5) is 4.45. The van der Waals surface area contributed by atoms with Crippen LogP contribution in [0.2, 0.25) is 0 Å². The minimum Gasteiger partial charge on any atom is -0.379 e. The Morgan fingerprint density at radius 2 is 2.57 bits per heavy atom. The standard InChI is InChI=1S/C10H15N3O/c1-3-11-5-9-10(1)13(7-12-9)8-2-4-14-6-8/h7-8,11H,1-6H2. The van der Waals surface area contributed by atoms with Gasteiger partial charge in [-0.15, -0.1) is 0 Å². The Bertz CT molecular complexity index is 328. The van der Waals surface area contributed by atoms with Crippen LogP contribution < -0.4 is 5.32 Å². The molecule has 1 atom stereocenters. The molecule has 0 amide bonds. The second kappa shape index (κ2) is 3.37. The van der Waals surface area contributed by atoms with E-state index in [1.54, 1.807) is 0 Å². The lowest BCUT2D eigenvalue weighted by atomic mass is 10.1. The normalized spacial score (nSPS) is 26.4. The van der Waals surface area contributed by atoms with Gasteiger partial charge in [-0.1, -0.05) is 0 Å².